The Morgan fingerprint density at radius 2 is 0.765 bits per heavy atom. The van der Waals surface area contributed by atoms with Crippen molar-refractivity contribution in [1.82, 2.24) is 5.32 Å². The monoisotopic (exact) mass is 1160 g/mol. The van der Waals surface area contributed by atoms with Crippen molar-refractivity contribution in [3.05, 3.63) is 72.9 Å². The number of rotatable bonds is 64. The van der Waals surface area contributed by atoms with Gasteiger partial charge in [-0.25, -0.2) is 0 Å². The summed E-state index contributed by atoms with van der Waals surface area (Å²) in [6.45, 7) is 4.55. The molecule has 0 aromatic rings. The first-order valence-electron chi connectivity index (χ1n) is 34.8. The van der Waals surface area contributed by atoms with E-state index < -0.39 is 26.6 Å². The molecule has 3 atom stereocenters. The third-order valence-corrected chi connectivity index (χ3v) is 16.6. The smallest absolute Gasteiger partial charge is 0.268 e. The molecule has 0 aromatic heterocycles. The number of nitrogens with one attached hydrogen (secondary N) is 1. The average molecular weight is 1160 g/mol. The van der Waals surface area contributed by atoms with Gasteiger partial charge in [0.1, 0.15) is 13.2 Å². The number of aliphatic hydroxyl groups is 1. The van der Waals surface area contributed by atoms with E-state index in [0.29, 0.717) is 17.4 Å². The van der Waals surface area contributed by atoms with E-state index >= 15 is 0 Å². The standard InChI is InChI=1S/C72H135N2O6P/c1-6-8-10-12-14-16-18-20-22-24-26-28-29-30-31-32-33-34-35-36-37-38-39-40-41-42-43-44-45-46-48-50-52-54-56-58-60-62-64-66-72(76)73-70(69-80-81(77,78)79-68-67-74(3,4)5)71(75)65-63-61-59-57-55-53-51-49-47-27-25-23-21-19-17-15-13-11-9-7-2/h8,10,14,16,20,22,26,28,55,57,63,65,70-71,75H,6-7,9,11-13,15,17-19,21,23-25,27,29-54,56,58-62,64,66-69H2,1-5H3,(H-,73,76,77,78)/b10-8-,16-14-,22-20-,28-26-,57-55+,65-63+. The summed E-state index contributed by atoms with van der Waals surface area (Å²) < 4.78 is 23.4. The van der Waals surface area contributed by atoms with Crippen LogP contribution in [0, 0.1) is 0 Å². The van der Waals surface area contributed by atoms with Crippen molar-refractivity contribution in [2.24, 2.45) is 0 Å². The number of aliphatic hydroxyl groups excluding tert-OH is 1. The van der Waals surface area contributed by atoms with Crippen LogP contribution in [-0.2, 0) is 18.4 Å². The zero-order chi connectivity index (χ0) is 59.1. The van der Waals surface area contributed by atoms with Gasteiger partial charge in [0.25, 0.3) is 7.82 Å². The highest BCUT2D eigenvalue weighted by Crippen LogP contribution is 2.38. The molecule has 0 aliphatic heterocycles. The summed E-state index contributed by atoms with van der Waals surface area (Å²) in [5, 5.41) is 13.9. The molecular formula is C72H135N2O6P. The molecule has 474 valence electrons. The SMILES string of the molecule is CC/C=C\C/C=C\C/C=C\C/C=C\CCCCCCCCCCCCCCCCCCCCCCCCCCCCC(=O)NC(COP(=O)([O-])OCC[N+](C)(C)C)C(O)/C=C/CC/C=C/CCCCCCCCCCCCCCCC. The van der Waals surface area contributed by atoms with Crippen molar-refractivity contribution in [2.75, 3.05) is 40.9 Å². The van der Waals surface area contributed by atoms with Crippen LogP contribution in [0.4, 0.5) is 0 Å². The van der Waals surface area contributed by atoms with Crippen molar-refractivity contribution in [2.45, 2.75) is 341 Å². The van der Waals surface area contributed by atoms with Crippen LogP contribution in [0.5, 0.6) is 0 Å². The average Bonchev–Trinajstić information content (AvgIpc) is 3.43. The van der Waals surface area contributed by atoms with Crippen LogP contribution in [0.2, 0.25) is 0 Å². The Bertz CT molecular complexity index is 1550. The molecule has 0 heterocycles. The highest BCUT2D eigenvalue weighted by molar-refractivity contribution is 7.45. The van der Waals surface area contributed by atoms with Gasteiger partial charge < -0.3 is 28.8 Å². The zero-order valence-corrected chi connectivity index (χ0v) is 55.1. The third-order valence-electron chi connectivity index (χ3n) is 15.7. The lowest BCUT2D eigenvalue weighted by Crippen LogP contribution is -2.45. The lowest BCUT2D eigenvalue weighted by Gasteiger charge is -2.29. The maximum atomic E-state index is 13.0. The third kappa shape index (κ3) is 65.3. The number of nitrogens with zero attached hydrogens (tertiary/aromatic N) is 1. The van der Waals surface area contributed by atoms with Crippen LogP contribution in [0.1, 0.15) is 328 Å². The van der Waals surface area contributed by atoms with E-state index in [-0.39, 0.29) is 12.5 Å². The highest BCUT2D eigenvalue weighted by atomic mass is 31.2. The fourth-order valence-corrected chi connectivity index (χ4v) is 11.0. The topological polar surface area (TPSA) is 108 Å². The fraction of sp³-hybridized carbons (Fsp3) is 0.819. The van der Waals surface area contributed by atoms with Crippen LogP contribution in [-0.4, -0.2) is 68.5 Å². The molecule has 0 saturated carbocycles. The first kappa shape index (κ1) is 78.9. The van der Waals surface area contributed by atoms with Crippen molar-refractivity contribution in [3.8, 4) is 0 Å². The van der Waals surface area contributed by atoms with Crippen LogP contribution in [0.3, 0.4) is 0 Å². The lowest BCUT2D eigenvalue weighted by atomic mass is 10.0. The molecule has 0 rings (SSSR count). The number of likely N-dealkylation sites (N-methyl/N-ethyl adjacent to an activating group) is 1. The number of carbonyl (C=O) groups excluding carboxylic acids is 1. The van der Waals surface area contributed by atoms with Gasteiger partial charge in [0.15, 0.2) is 0 Å². The zero-order valence-electron chi connectivity index (χ0n) is 54.2. The van der Waals surface area contributed by atoms with Crippen molar-refractivity contribution >= 4 is 13.7 Å². The number of hydrogen-bond donors (Lipinski definition) is 2. The van der Waals surface area contributed by atoms with E-state index in [1.165, 1.54) is 244 Å². The van der Waals surface area contributed by atoms with Crippen LogP contribution in [0.25, 0.3) is 0 Å². The van der Waals surface area contributed by atoms with E-state index in [4.69, 9.17) is 9.05 Å². The van der Waals surface area contributed by atoms with Crippen molar-refractivity contribution in [1.29, 1.82) is 0 Å². The van der Waals surface area contributed by atoms with E-state index in [1.807, 2.05) is 27.2 Å². The first-order valence-corrected chi connectivity index (χ1v) is 36.3. The summed E-state index contributed by atoms with van der Waals surface area (Å²) in [6, 6.07) is -0.904. The second kappa shape index (κ2) is 62.5. The molecule has 81 heavy (non-hydrogen) atoms. The summed E-state index contributed by atoms with van der Waals surface area (Å²) in [5.74, 6) is -0.202. The van der Waals surface area contributed by atoms with Crippen LogP contribution in [0.15, 0.2) is 72.9 Å². The molecular weight excluding hydrogens is 1020 g/mol. The summed E-state index contributed by atoms with van der Waals surface area (Å²) in [7, 11) is 1.25. The van der Waals surface area contributed by atoms with Crippen molar-refractivity contribution in [3.63, 3.8) is 0 Å². The molecule has 0 saturated heterocycles. The molecule has 1 amide bonds. The molecule has 3 unspecified atom stereocenters. The van der Waals surface area contributed by atoms with Gasteiger partial charge in [0, 0.05) is 6.42 Å². The van der Waals surface area contributed by atoms with E-state index in [0.717, 1.165) is 64.2 Å². The molecule has 0 fully saturated rings. The molecule has 0 spiro atoms. The minimum absolute atomic E-state index is 0.00582. The number of phosphoric acid groups is 1. The molecule has 0 bridgehead atoms. The number of phosphoric ester groups is 1. The van der Waals surface area contributed by atoms with Gasteiger partial charge in [0.05, 0.1) is 39.9 Å². The van der Waals surface area contributed by atoms with E-state index in [1.54, 1.807) is 6.08 Å². The normalized spacial score (nSPS) is 14.1. The van der Waals surface area contributed by atoms with Gasteiger partial charge in [-0.3, -0.25) is 9.36 Å². The first-order chi connectivity index (χ1) is 39.5. The van der Waals surface area contributed by atoms with Crippen molar-refractivity contribution < 1.29 is 32.9 Å². The Balaban J connectivity index is 3.97. The maximum absolute atomic E-state index is 13.0. The van der Waals surface area contributed by atoms with Gasteiger partial charge in [-0.05, 0) is 70.6 Å². The highest BCUT2D eigenvalue weighted by Gasteiger charge is 2.23. The molecule has 8 nitrogen and oxygen atoms in total. The molecule has 0 aromatic carbocycles. The summed E-state index contributed by atoms with van der Waals surface area (Å²) >= 11 is 0. The summed E-state index contributed by atoms with van der Waals surface area (Å²) in [4.78, 5) is 25.6. The molecule has 9 heteroatoms. The van der Waals surface area contributed by atoms with Gasteiger partial charge in [0.2, 0.25) is 5.91 Å². The quantitative estimate of drug-likeness (QED) is 0.0272. The number of unbranched alkanes of at least 4 members (excludes halogenated alkanes) is 41. The van der Waals surface area contributed by atoms with Gasteiger partial charge >= 0.3 is 0 Å². The molecule has 0 aliphatic carbocycles. The predicted octanol–water partition coefficient (Wildman–Crippen LogP) is 21.5. The van der Waals surface area contributed by atoms with Crippen LogP contribution < -0.4 is 10.2 Å². The fourth-order valence-electron chi connectivity index (χ4n) is 10.3. The minimum atomic E-state index is -4.61. The van der Waals surface area contributed by atoms with E-state index in [9.17, 15) is 19.4 Å². The molecule has 2 N–H and O–H groups in total. The molecule has 0 aliphatic rings. The maximum Gasteiger partial charge on any atom is 0.268 e. The van der Waals surface area contributed by atoms with Crippen LogP contribution >= 0.6 is 7.82 Å². The Morgan fingerprint density at radius 1 is 0.444 bits per heavy atom. The summed E-state index contributed by atoms with van der Waals surface area (Å²) in [5.41, 5.74) is 0. The molecule has 0 radical (unpaired) electrons. The Hall–Kier alpha value is -2.06. The largest absolute Gasteiger partial charge is 0.756 e. The number of carbonyl (C=O) groups is 1. The van der Waals surface area contributed by atoms with Gasteiger partial charge in [-0.1, -0.05) is 324 Å². The predicted molar refractivity (Wildman–Crippen MR) is 353 cm³/mol. The number of quaternary nitrogens is 1. The Morgan fingerprint density at radius 3 is 1.15 bits per heavy atom. The lowest BCUT2D eigenvalue weighted by molar-refractivity contribution is -0.870. The number of amides is 1. The second-order valence-electron chi connectivity index (χ2n) is 24.8. The Kier molecular flexibility index (Phi) is 60.9. The van der Waals surface area contributed by atoms with Gasteiger partial charge in [-0.15, -0.1) is 0 Å². The Labute approximate surface area is 504 Å². The minimum Gasteiger partial charge on any atom is -0.756 e. The van der Waals surface area contributed by atoms with E-state index in [2.05, 4.69) is 79.9 Å². The summed E-state index contributed by atoms with van der Waals surface area (Å²) in [6.07, 6.45) is 87.5. The van der Waals surface area contributed by atoms with Gasteiger partial charge in [-0.2, -0.15) is 0 Å². The number of allylic oxidation sites excluding steroid dienone is 11. The second-order valence-corrected chi connectivity index (χ2v) is 26.3. The number of hydrogen-bond acceptors (Lipinski definition) is 6.